The first-order valence-corrected chi connectivity index (χ1v) is 8.30. The average molecular weight is 377 g/mol. The summed E-state index contributed by atoms with van der Waals surface area (Å²) in [5, 5.41) is 0.901. The van der Waals surface area contributed by atoms with E-state index in [-0.39, 0.29) is 5.78 Å². The summed E-state index contributed by atoms with van der Waals surface area (Å²) in [5.74, 6) is -0.0516. The molecule has 0 atom stereocenters. The minimum atomic E-state index is -0.0516. The van der Waals surface area contributed by atoms with Gasteiger partial charge in [0.15, 0.2) is 6.20 Å². The maximum atomic E-state index is 12.7. The molecule has 2 heterocycles. The monoisotopic (exact) mass is 376 g/mol. The number of nitrogens with zero attached hydrogens (tertiary/aromatic N) is 1. The van der Waals surface area contributed by atoms with Crippen LogP contribution in [0.5, 0.6) is 0 Å². The number of hydrogen-bond donors (Lipinski definition) is 1. The number of carbonyl (C=O) groups excluding carboxylic acids is 1. The number of nitrogens with two attached hydrogens (primary N) is 1. The Hall–Kier alpha value is -1.92. The number of benzene rings is 1. The molecule has 6 heteroatoms. The Morgan fingerprint density at radius 1 is 1.23 bits per heavy atom. The summed E-state index contributed by atoms with van der Waals surface area (Å²) >= 11 is 4.77. The fourth-order valence-corrected chi connectivity index (χ4v) is 3.69. The van der Waals surface area contributed by atoms with Gasteiger partial charge in [-0.25, -0.2) is 4.98 Å². The van der Waals surface area contributed by atoms with Gasteiger partial charge in [0.05, 0.1) is 11.4 Å². The predicted octanol–water partition coefficient (Wildman–Crippen LogP) is 3.36. The van der Waals surface area contributed by atoms with Gasteiger partial charge in [-0.2, -0.15) is 0 Å². The van der Waals surface area contributed by atoms with E-state index in [4.69, 9.17) is 5.73 Å². The van der Waals surface area contributed by atoms with Gasteiger partial charge in [0.1, 0.15) is 10.3 Å². The van der Waals surface area contributed by atoms with Crippen molar-refractivity contribution in [1.82, 2.24) is 0 Å². The molecule has 2 aromatic heterocycles. The molecule has 3 rings (SSSR count). The number of nitrogen functional groups attached to an aromatic ring is 1. The summed E-state index contributed by atoms with van der Waals surface area (Å²) in [6, 6.07) is 9.27. The number of nitrogens with one attached hydrogen (secondary N) is 1. The fourth-order valence-electron chi connectivity index (χ4n) is 2.35. The van der Waals surface area contributed by atoms with Crippen molar-refractivity contribution in [3.8, 4) is 0 Å². The number of carbonyl (C=O) groups is 1. The lowest BCUT2D eigenvalue weighted by Gasteiger charge is -2.12. The number of anilines is 2. The molecule has 22 heavy (non-hydrogen) atoms. The highest BCUT2D eigenvalue weighted by Gasteiger charge is 2.23. The SMILES string of the molecule is CN(C)c1cc[nH+]c2sc(C(=O)c3ccc(Br)cc3)c(N)c12. The number of ketones is 1. The normalized spacial score (nSPS) is 10.9. The zero-order valence-corrected chi connectivity index (χ0v) is 14.6. The van der Waals surface area contributed by atoms with E-state index in [1.165, 1.54) is 11.3 Å². The maximum absolute atomic E-state index is 12.7. The van der Waals surface area contributed by atoms with Gasteiger partial charge in [0.25, 0.3) is 4.83 Å². The second-order valence-corrected chi connectivity index (χ2v) is 7.08. The second-order valence-electron chi connectivity index (χ2n) is 5.14. The first-order chi connectivity index (χ1) is 10.5. The molecule has 3 aromatic rings. The number of halogens is 1. The van der Waals surface area contributed by atoms with Crippen LogP contribution in [0.4, 0.5) is 11.4 Å². The zero-order valence-electron chi connectivity index (χ0n) is 12.2. The Morgan fingerprint density at radius 2 is 1.91 bits per heavy atom. The summed E-state index contributed by atoms with van der Waals surface area (Å²) < 4.78 is 0.941. The molecular formula is C16H15BrN3OS+. The summed E-state index contributed by atoms with van der Waals surface area (Å²) in [6.07, 6.45) is 1.86. The van der Waals surface area contributed by atoms with Crippen LogP contribution in [-0.4, -0.2) is 19.9 Å². The van der Waals surface area contributed by atoms with E-state index in [1.807, 2.05) is 43.4 Å². The molecule has 0 bridgehead atoms. The number of rotatable bonds is 3. The molecule has 0 unspecified atom stereocenters. The van der Waals surface area contributed by atoms with Crippen molar-refractivity contribution in [2.75, 3.05) is 24.7 Å². The van der Waals surface area contributed by atoms with Crippen molar-refractivity contribution in [2.45, 2.75) is 0 Å². The van der Waals surface area contributed by atoms with Crippen LogP contribution >= 0.6 is 27.3 Å². The van der Waals surface area contributed by atoms with Crippen molar-refractivity contribution < 1.29 is 9.78 Å². The van der Waals surface area contributed by atoms with E-state index < -0.39 is 0 Å². The van der Waals surface area contributed by atoms with Gasteiger partial charge in [-0.15, -0.1) is 0 Å². The Labute approximate surface area is 140 Å². The van der Waals surface area contributed by atoms with Crippen molar-refractivity contribution in [3.63, 3.8) is 0 Å². The number of aromatic nitrogens is 1. The molecule has 4 nitrogen and oxygen atoms in total. The van der Waals surface area contributed by atoms with Gasteiger partial charge in [0.2, 0.25) is 5.78 Å². The molecule has 0 radical (unpaired) electrons. The summed E-state index contributed by atoms with van der Waals surface area (Å²) in [7, 11) is 3.92. The van der Waals surface area contributed by atoms with Crippen LogP contribution in [0.25, 0.3) is 10.2 Å². The largest absolute Gasteiger partial charge is 0.397 e. The molecule has 3 N–H and O–H groups in total. The number of pyridine rings is 1. The lowest BCUT2D eigenvalue weighted by atomic mass is 10.1. The minimum absolute atomic E-state index is 0.0516. The third-order valence-electron chi connectivity index (χ3n) is 3.45. The van der Waals surface area contributed by atoms with Gasteiger partial charge >= 0.3 is 0 Å². The maximum Gasteiger partial charge on any atom is 0.272 e. The van der Waals surface area contributed by atoms with E-state index >= 15 is 0 Å². The first kappa shape index (κ1) is 15.0. The highest BCUT2D eigenvalue weighted by atomic mass is 79.9. The lowest BCUT2D eigenvalue weighted by molar-refractivity contribution is -0.341. The summed E-state index contributed by atoms with van der Waals surface area (Å²) in [4.78, 5) is 19.4. The standard InChI is InChI=1S/C16H14BrN3OS/c1-20(2)11-7-8-19-16-12(11)13(18)15(22-16)14(21)9-3-5-10(17)6-4-9/h3-8H,18H2,1-2H3/p+1. The van der Waals surface area contributed by atoms with Crippen LogP contribution in [0.2, 0.25) is 0 Å². The number of aromatic amines is 1. The topological polar surface area (TPSA) is 60.5 Å². The van der Waals surface area contributed by atoms with Crippen LogP contribution in [-0.2, 0) is 0 Å². The summed E-state index contributed by atoms with van der Waals surface area (Å²) in [6.45, 7) is 0. The number of hydrogen-bond acceptors (Lipinski definition) is 4. The number of thiophene rings is 1. The van der Waals surface area contributed by atoms with Crippen molar-refractivity contribution in [1.29, 1.82) is 0 Å². The van der Waals surface area contributed by atoms with Gasteiger partial charge in [-0.3, -0.25) is 4.79 Å². The number of H-pyrrole nitrogens is 1. The van der Waals surface area contributed by atoms with Gasteiger partial charge < -0.3 is 10.6 Å². The minimum Gasteiger partial charge on any atom is -0.397 e. The lowest BCUT2D eigenvalue weighted by Crippen LogP contribution is -2.12. The van der Waals surface area contributed by atoms with Crippen molar-refractivity contribution in [2.24, 2.45) is 0 Å². The molecule has 1 aromatic carbocycles. The molecule has 0 spiro atoms. The predicted molar refractivity (Wildman–Crippen MR) is 94.7 cm³/mol. The Balaban J connectivity index is 2.16. The van der Waals surface area contributed by atoms with Crippen LogP contribution in [0.3, 0.4) is 0 Å². The van der Waals surface area contributed by atoms with E-state index in [2.05, 4.69) is 20.9 Å². The average Bonchev–Trinajstić information content (AvgIpc) is 2.84. The van der Waals surface area contributed by atoms with Crippen molar-refractivity contribution >= 4 is 54.6 Å². The van der Waals surface area contributed by atoms with Crippen LogP contribution in [0, 0.1) is 0 Å². The van der Waals surface area contributed by atoms with E-state index in [1.54, 1.807) is 12.1 Å². The molecule has 0 aliphatic carbocycles. The quantitative estimate of drug-likeness (QED) is 0.712. The number of fused-ring (bicyclic) bond motifs is 1. The van der Waals surface area contributed by atoms with Crippen LogP contribution in [0.15, 0.2) is 41.0 Å². The Morgan fingerprint density at radius 3 is 2.55 bits per heavy atom. The first-order valence-electron chi connectivity index (χ1n) is 6.69. The van der Waals surface area contributed by atoms with Crippen molar-refractivity contribution in [3.05, 3.63) is 51.4 Å². The fraction of sp³-hybridized carbons (Fsp3) is 0.125. The molecule has 0 fully saturated rings. The second kappa shape index (κ2) is 5.70. The van der Waals surface area contributed by atoms with Crippen LogP contribution in [0.1, 0.15) is 15.2 Å². The molecule has 112 valence electrons. The Bertz CT molecular complexity index is 856. The molecule has 0 saturated heterocycles. The molecule has 0 saturated carbocycles. The molecule has 0 aliphatic heterocycles. The third kappa shape index (κ3) is 2.48. The molecule has 0 aliphatic rings. The Kier molecular flexibility index (Phi) is 3.88. The zero-order chi connectivity index (χ0) is 15.9. The highest BCUT2D eigenvalue weighted by molar-refractivity contribution is 9.10. The third-order valence-corrected chi connectivity index (χ3v) is 5.12. The van der Waals surface area contributed by atoms with Gasteiger partial charge in [0, 0.05) is 30.2 Å². The smallest absolute Gasteiger partial charge is 0.272 e. The summed E-state index contributed by atoms with van der Waals surface area (Å²) in [5.41, 5.74) is 8.44. The molecular weight excluding hydrogens is 362 g/mol. The highest BCUT2D eigenvalue weighted by Crippen LogP contribution is 2.37. The van der Waals surface area contributed by atoms with Crippen LogP contribution < -0.4 is 15.6 Å². The van der Waals surface area contributed by atoms with E-state index in [0.717, 1.165) is 20.4 Å². The van der Waals surface area contributed by atoms with E-state index in [0.29, 0.717) is 16.1 Å². The van der Waals surface area contributed by atoms with E-state index in [9.17, 15) is 4.79 Å². The van der Waals surface area contributed by atoms with Gasteiger partial charge in [-0.1, -0.05) is 27.3 Å². The molecule has 0 amide bonds. The van der Waals surface area contributed by atoms with Gasteiger partial charge in [-0.05, 0) is 24.3 Å².